The number of Topliss-reactive ketones (excluding diaryl/α,β-unsaturated/α-hetero) is 1. The SMILES string of the molecule is O=C1C[C@@H](O)C[C@@H](O)[C@H]1O. The van der Waals surface area contributed by atoms with Gasteiger partial charge >= 0.3 is 0 Å². The first-order valence-corrected chi connectivity index (χ1v) is 3.18. The highest BCUT2D eigenvalue weighted by Crippen LogP contribution is 2.15. The lowest BCUT2D eigenvalue weighted by Crippen LogP contribution is -2.43. The molecule has 0 aromatic rings. The summed E-state index contributed by atoms with van der Waals surface area (Å²) in [6.45, 7) is 0. The molecule has 58 valence electrons. The van der Waals surface area contributed by atoms with Gasteiger partial charge in [-0.05, 0) is 0 Å². The lowest BCUT2D eigenvalue weighted by Gasteiger charge is -2.25. The molecule has 0 bridgehead atoms. The second-order valence-corrected chi connectivity index (χ2v) is 2.57. The predicted octanol–water partition coefficient (Wildman–Crippen LogP) is -1.57. The fraction of sp³-hybridized carbons (Fsp3) is 0.833. The molecule has 0 aliphatic heterocycles. The first kappa shape index (κ1) is 7.65. The quantitative estimate of drug-likeness (QED) is 0.386. The minimum atomic E-state index is -1.29. The van der Waals surface area contributed by atoms with Gasteiger partial charge in [0, 0.05) is 12.8 Å². The van der Waals surface area contributed by atoms with Crippen LogP contribution in [-0.2, 0) is 4.79 Å². The lowest BCUT2D eigenvalue weighted by atomic mass is 9.91. The van der Waals surface area contributed by atoms with E-state index in [9.17, 15) is 4.79 Å². The molecule has 10 heavy (non-hydrogen) atoms. The number of carbonyl (C=O) groups is 1. The average molecular weight is 146 g/mol. The maximum atomic E-state index is 10.6. The Labute approximate surface area is 58.1 Å². The molecule has 1 saturated carbocycles. The Morgan fingerprint density at radius 1 is 1.30 bits per heavy atom. The maximum absolute atomic E-state index is 10.6. The zero-order valence-corrected chi connectivity index (χ0v) is 5.40. The number of hydrogen-bond donors (Lipinski definition) is 3. The summed E-state index contributed by atoms with van der Waals surface area (Å²) in [5, 5.41) is 26.6. The van der Waals surface area contributed by atoms with E-state index in [-0.39, 0.29) is 12.8 Å². The molecule has 3 N–H and O–H groups in total. The van der Waals surface area contributed by atoms with Crippen molar-refractivity contribution < 1.29 is 20.1 Å². The van der Waals surface area contributed by atoms with Crippen molar-refractivity contribution in [2.75, 3.05) is 0 Å². The monoisotopic (exact) mass is 146 g/mol. The predicted molar refractivity (Wildman–Crippen MR) is 32.3 cm³/mol. The van der Waals surface area contributed by atoms with Crippen LogP contribution in [0.4, 0.5) is 0 Å². The second kappa shape index (κ2) is 2.65. The summed E-state index contributed by atoms with van der Waals surface area (Å²) in [4.78, 5) is 10.6. The van der Waals surface area contributed by atoms with Crippen molar-refractivity contribution in [1.82, 2.24) is 0 Å². The van der Waals surface area contributed by atoms with Gasteiger partial charge in [0.15, 0.2) is 5.78 Å². The van der Waals surface area contributed by atoms with E-state index >= 15 is 0 Å². The standard InChI is InChI=1S/C6H10O4/c7-3-1-4(8)6(10)5(9)2-3/h3-4,6-8,10H,1-2H2/t3-,4+,6+/m0/s1. The van der Waals surface area contributed by atoms with Crippen LogP contribution in [0.1, 0.15) is 12.8 Å². The zero-order valence-electron chi connectivity index (χ0n) is 5.40. The van der Waals surface area contributed by atoms with Gasteiger partial charge in [-0.3, -0.25) is 4.79 Å². The molecule has 0 amide bonds. The van der Waals surface area contributed by atoms with Gasteiger partial charge in [0.1, 0.15) is 6.10 Å². The zero-order chi connectivity index (χ0) is 7.72. The smallest absolute Gasteiger partial charge is 0.166 e. The molecule has 1 aliphatic carbocycles. The van der Waals surface area contributed by atoms with Crippen LogP contribution < -0.4 is 0 Å². The molecule has 4 heteroatoms. The van der Waals surface area contributed by atoms with E-state index in [2.05, 4.69) is 0 Å². The van der Waals surface area contributed by atoms with Crippen molar-refractivity contribution in [3.8, 4) is 0 Å². The van der Waals surface area contributed by atoms with Crippen LogP contribution in [0.25, 0.3) is 0 Å². The van der Waals surface area contributed by atoms with Crippen molar-refractivity contribution in [1.29, 1.82) is 0 Å². The largest absolute Gasteiger partial charge is 0.393 e. The Hall–Kier alpha value is -0.450. The molecule has 0 unspecified atom stereocenters. The third-order valence-electron chi connectivity index (χ3n) is 1.64. The van der Waals surface area contributed by atoms with E-state index in [0.717, 1.165) is 0 Å². The highest BCUT2D eigenvalue weighted by molar-refractivity contribution is 5.84. The van der Waals surface area contributed by atoms with E-state index in [1.807, 2.05) is 0 Å². The van der Waals surface area contributed by atoms with E-state index in [1.165, 1.54) is 0 Å². The summed E-state index contributed by atoms with van der Waals surface area (Å²) in [7, 11) is 0. The molecule has 1 fully saturated rings. The first-order valence-electron chi connectivity index (χ1n) is 3.18. The summed E-state index contributed by atoms with van der Waals surface area (Å²) in [6.07, 6.45) is -3.11. The van der Waals surface area contributed by atoms with Crippen molar-refractivity contribution in [2.45, 2.75) is 31.2 Å². The van der Waals surface area contributed by atoms with Crippen molar-refractivity contribution in [3.05, 3.63) is 0 Å². The Morgan fingerprint density at radius 3 is 2.40 bits per heavy atom. The minimum absolute atomic E-state index is 0.0434. The summed E-state index contributed by atoms with van der Waals surface area (Å²) in [5.74, 6) is -0.480. The fourth-order valence-corrected chi connectivity index (χ4v) is 1.06. The number of aliphatic hydroxyl groups is 3. The topological polar surface area (TPSA) is 77.8 Å². The van der Waals surface area contributed by atoms with Gasteiger partial charge in [-0.2, -0.15) is 0 Å². The normalized spacial score (nSPS) is 41.9. The van der Waals surface area contributed by atoms with Gasteiger partial charge in [0.2, 0.25) is 0 Å². The molecule has 1 rings (SSSR count). The van der Waals surface area contributed by atoms with E-state index in [1.54, 1.807) is 0 Å². The summed E-state index contributed by atoms with van der Waals surface area (Å²) < 4.78 is 0. The van der Waals surface area contributed by atoms with Gasteiger partial charge in [0.25, 0.3) is 0 Å². The Morgan fingerprint density at radius 2 is 1.90 bits per heavy atom. The number of carbonyl (C=O) groups excluding carboxylic acids is 1. The number of aliphatic hydroxyl groups excluding tert-OH is 3. The van der Waals surface area contributed by atoms with Crippen molar-refractivity contribution >= 4 is 5.78 Å². The highest BCUT2D eigenvalue weighted by atomic mass is 16.3. The summed E-state index contributed by atoms with van der Waals surface area (Å²) >= 11 is 0. The van der Waals surface area contributed by atoms with Crippen LogP contribution in [0.2, 0.25) is 0 Å². The Balaban J connectivity index is 2.57. The summed E-state index contributed by atoms with van der Waals surface area (Å²) in [6, 6.07) is 0. The van der Waals surface area contributed by atoms with Crippen molar-refractivity contribution in [2.24, 2.45) is 0 Å². The van der Waals surface area contributed by atoms with Crippen LogP contribution >= 0.6 is 0 Å². The molecule has 0 aromatic heterocycles. The number of hydrogen-bond acceptors (Lipinski definition) is 4. The first-order chi connectivity index (χ1) is 4.61. The van der Waals surface area contributed by atoms with Crippen LogP contribution in [0.15, 0.2) is 0 Å². The molecule has 0 radical (unpaired) electrons. The van der Waals surface area contributed by atoms with E-state index < -0.39 is 24.1 Å². The fourth-order valence-electron chi connectivity index (χ4n) is 1.06. The molecule has 0 heterocycles. The molecular formula is C6H10O4. The second-order valence-electron chi connectivity index (χ2n) is 2.57. The van der Waals surface area contributed by atoms with Crippen LogP contribution in [0, 0.1) is 0 Å². The van der Waals surface area contributed by atoms with E-state index in [4.69, 9.17) is 15.3 Å². The van der Waals surface area contributed by atoms with Gasteiger partial charge in [0.05, 0.1) is 12.2 Å². The number of ketones is 1. The maximum Gasteiger partial charge on any atom is 0.166 e. The van der Waals surface area contributed by atoms with E-state index in [0.29, 0.717) is 0 Å². The van der Waals surface area contributed by atoms with Gasteiger partial charge in [-0.1, -0.05) is 0 Å². The third kappa shape index (κ3) is 1.34. The molecular weight excluding hydrogens is 136 g/mol. The molecule has 1 aliphatic rings. The lowest BCUT2D eigenvalue weighted by molar-refractivity contribution is -0.142. The van der Waals surface area contributed by atoms with Crippen LogP contribution in [0.5, 0.6) is 0 Å². The molecule has 0 saturated heterocycles. The number of rotatable bonds is 0. The van der Waals surface area contributed by atoms with Crippen molar-refractivity contribution in [3.63, 3.8) is 0 Å². The molecule has 3 atom stereocenters. The highest BCUT2D eigenvalue weighted by Gasteiger charge is 2.32. The molecule has 0 aromatic carbocycles. The van der Waals surface area contributed by atoms with Gasteiger partial charge in [-0.25, -0.2) is 0 Å². The molecule has 0 spiro atoms. The van der Waals surface area contributed by atoms with Gasteiger partial charge in [-0.15, -0.1) is 0 Å². The minimum Gasteiger partial charge on any atom is -0.393 e. The van der Waals surface area contributed by atoms with Gasteiger partial charge < -0.3 is 15.3 Å². The van der Waals surface area contributed by atoms with Crippen LogP contribution in [-0.4, -0.2) is 39.4 Å². The molecule has 4 nitrogen and oxygen atoms in total. The third-order valence-corrected chi connectivity index (χ3v) is 1.64. The Bertz CT molecular complexity index is 145. The average Bonchev–Trinajstić information content (AvgIpc) is 1.82. The summed E-state index contributed by atoms with van der Waals surface area (Å²) in [5.41, 5.74) is 0. The Kier molecular flexibility index (Phi) is 2.03. The van der Waals surface area contributed by atoms with Crippen LogP contribution in [0.3, 0.4) is 0 Å².